The van der Waals surface area contributed by atoms with Crippen LogP contribution in [0.5, 0.6) is 0 Å². The zero-order valence-electron chi connectivity index (χ0n) is 10.3. The third kappa shape index (κ3) is 2.52. The Morgan fingerprint density at radius 3 is 2.62 bits per heavy atom. The number of carbonyl (C=O) groups excluding carboxylic acids is 2. The lowest BCUT2D eigenvalue weighted by atomic mass is 10.1. The normalized spacial score (nSPS) is 22.0. The second-order valence-corrected chi connectivity index (χ2v) is 4.44. The summed E-state index contributed by atoms with van der Waals surface area (Å²) in [6.45, 7) is 2.53. The lowest BCUT2D eigenvalue weighted by Crippen LogP contribution is -2.50. The molecule has 1 rings (SSSR count). The Morgan fingerprint density at radius 1 is 1.50 bits per heavy atom. The first kappa shape index (κ1) is 13.0. The standard InChI is InChI=1S/C11H21N3O2/c1-4-8(12)10(15)14-7-5-6-9(14)11(16)13(2)3/h8-9H,4-7,12H2,1-3H3/t8-,9?/m1/s1. The fourth-order valence-corrected chi connectivity index (χ4v) is 1.97. The Bertz CT molecular complexity index is 278. The third-order valence-corrected chi connectivity index (χ3v) is 3.02. The maximum absolute atomic E-state index is 11.9. The Kier molecular flexibility index (Phi) is 4.29. The van der Waals surface area contributed by atoms with Crippen LogP contribution in [-0.2, 0) is 9.59 Å². The van der Waals surface area contributed by atoms with E-state index in [0.717, 1.165) is 12.8 Å². The minimum atomic E-state index is -0.476. The fraction of sp³-hybridized carbons (Fsp3) is 0.818. The van der Waals surface area contributed by atoms with Gasteiger partial charge >= 0.3 is 0 Å². The third-order valence-electron chi connectivity index (χ3n) is 3.02. The highest BCUT2D eigenvalue weighted by Gasteiger charge is 2.36. The smallest absolute Gasteiger partial charge is 0.244 e. The van der Waals surface area contributed by atoms with E-state index in [4.69, 9.17) is 5.73 Å². The van der Waals surface area contributed by atoms with Crippen molar-refractivity contribution in [3.63, 3.8) is 0 Å². The minimum absolute atomic E-state index is 0.00541. The number of nitrogens with two attached hydrogens (primary N) is 1. The van der Waals surface area contributed by atoms with E-state index in [2.05, 4.69) is 0 Å². The molecule has 5 nitrogen and oxygen atoms in total. The molecule has 0 bridgehead atoms. The molecule has 0 aromatic heterocycles. The largest absolute Gasteiger partial charge is 0.347 e. The average Bonchev–Trinajstić information content (AvgIpc) is 2.74. The van der Waals surface area contributed by atoms with Gasteiger partial charge in [0, 0.05) is 20.6 Å². The summed E-state index contributed by atoms with van der Waals surface area (Å²) in [4.78, 5) is 27.0. The Hall–Kier alpha value is -1.10. The van der Waals surface area contributed by atoms with Gasteiger partial charge in [-0.1, -0.05) is 6.92 Å². The molecule has 2 amide bonds. The van der Waals surface area contributed by atoms with Crippen LogP contribution in [-0.4, -0.2) is 54.3 Å². The molecule has 2 atom stereocenters. The van der Waals surface area contributed by atoms with Gasteiger partial charge in [0.15, 0.2) is 0 Å². The number of likely N-dealkylation sites (N-methyl/N-ethyl adjacent to an activating group) is 1. The van der Waals surface area contributed by atoms with Crippen molar-refractivity contribution in [1.29, 1.82) is 0 Å². The van der Waals surface area contributed by atoms with Gasteiger partial charge < -0.3 is 15.5 Å². The van der Waals surface area contributed by atoms with Gasteiger partial charge in [-0.3, -0.25) is 9.59 Å². The van der Waals surface area contributed by atoms with E-state index in [1.165, 1.54) is 4.90 Å². The zero-order valence-corrected chi connectivity index (χ0v) is 10.3. The van der Waals surface area contributed by atoms with Crippen LogP contribution < -0.4 is 5.73 Å². The summed E-state index contributed by atoms with van der Waals surface area (Å²) in [6, 6.07) is -0.782. The van der Waals surface area contributed by atoms with E-state index >= 15 is 0 Å². The predicted octanol–water partition coefficient (Wildman–Crippen LogP) is -0.197. The molecular weight excluding hydrogens is 206 g/mol. The van der Waals surface area contributed by atoms with Gasteiger partial charge in [-0.05, 0) is 19.3 Å². The van der Waals surface area contributed by atoms with Crippen LogP contribution in [0.25, 0.3) is 0 Å². The van der Waals surface area contributed by atoms with E-state index in [9.17, 15) is 9.59 Å². The van der Waals surface area contributed by atoms with Gasteiger partial charge in [0.25, 0.3) is 0 Å². The molecule has 0 aromatic rings. The number of carbonyl (C=O) groups is 2. The minimum Gasteiger partial charge on any atom is -0.347 e. The first-order chi connectivity index (χ1) is 7.49. The van der Waals surface area contributed by atoms with Gasteiger partial charge in [-0.15, -0.1) is 0 Å². The summed E-state index contributed by atoms with van der Waals surface area (Å²) < 4.78 is 0. The average molecular weight is 227 g/mol. The highest BCUT2D eigenvalue weighted by Crippen LogP contribution is 2.19. The van der Waals surface area contributed by atoms with Crippen LogP contribution in [0.4, 0.5) is 0 Å². The molecule has 0 aliphatic carbocycles. The summed E-state index contributed by atoms with van der Waals surface area (Å²) in [5.41, 5.74) is 5.72. The fourth-order valence-electron chi connectivity index (χ4n) is 1.97. The molecule has 5 heteroatoms. The summed E-state index contributed by atoms with van der Waals surface area (Å²) >= 11 is 0. The van der Waals surface area contributed by atoms with E-state index in [-0.39, 0.29) is 17.9 Å². The molecule has 16 heavy (non-hydrogen) atoms. The van der Waals surface area contributed by atoms with Crippen molar-refractivity contribution < 1.29 is 9.59 Å². The maximum Gasteiger partial charge on any atom is 0.244 e. The molecule has 1 aliphatic rings. The van der Waals surface area contributed by atoms with Crippen LogP contribution in [0.2, 0.25) is 0 Å². The van der Waals surface area contributed by atoms with Gasteiger partial charge in [-0.2, -0.15) is 0 Å². The highest BCUT2D eigenvalue weighted by atomic mass is 16.2. The van der Waals surface area contributed by atoms with Gasteiger partial charge in [0.2, 0.25) is 11.8 Å². The lowest BCUT2D eigenvalue weighted by molar-refractivity contribution is -0.143. The summed E-state index contributed by atoms with van der Waals surface area (Å²) in [6.07, 6.45) is 2.24. The molecule has 1 heterocycles. The molecule has 0 aromatic carbocycles. The number of hydrogen-bond acceptors (Lipinski definition) is 3. The molecular formula is C11H21N3O2. The van der Waals surface area contributed by atoms with Crippen molar-refractivity contribution in [2.45, 2.75) is 38.3 Å². The summed E-state index contributed by atoms with van der Waals surface area (Å²) in [7, 11) is 3.42. The molecule has 1 unspecified atom stereocenters. The van der Waals surface area contributed by atoms with Crippen molar-refractivity contribution in [2.24, 2.45) is 5.73 Å². The van der Waals surface area contributed by atoms with Crippen LogP contribution >= 0.6 is 0 Å². The topological polar surface area (TPSA) is 66.6 Å². The van der Waals surface area contributed by atoms with Gasteiger partial charge in [-0.25, -0.2) is 0 Å². The van der Waals surface area contributed by atoms with Crippen molar-refractivity contribution in [3.05, 3.63) is 0 Å². The Labute approximate surface area is 96.6 Å². The number of amides is 2. The maximum atomic E-state index is 11.9. The van der Waals surface area contributed by atoms with E-state index in [1.54, 1.807) is 19.0 Å². The van der Waals surface area contributed by atoms with Crippen LogP contribution in [0.15, 0.2) is 0 Å². The quantitative estimate of drug-likeness (QED) is 0.726. The number of nitrogens with zero attached hydrogens (tertiary/aromatic N) is 2. The number of hydrogen-bond donors (Lipinski definition) is 1. The van der Waals surface area contributed by atoms with Crippen molar-refractivity contribution >= 4 is 11.8 Å². The molecule has 0 saturated carbocycles. The van der Waals surface area contributed by atoms with E-state index in [1.807, 2.05) is 6.92 Å². The first-order valence-corrected chi connectivity index (χ1v) is 5.76. The molecule has 1 fully saturated rings. The Balaban J connectivity index is 2.73. The molecule has 0 spiro atoms. The predicted molar refractivity (Wildman–Crippen MR) is 61.7 cm³/mol. The molecule has 1 saturated heterocycles. The molecule has 2 N–H and O–H groups in total. The van der Waals surface area contributed by atoms with Gasteiger partial charge in [0.1, 0.15) is 6.04 Å². The van der Waals surface area contributed by atoms with Crippen molar-refractivity contribution in [3.8, 4) is 0 Å². The Morgan fingerprint density at radius 2 is 2.12 bits per heavy atom. The zero-order chi connectivity index (χ0) is 12.3. The van der Waals surface area contributed by atoms with Crippen LogP contribution in [0, 0.1) is 0 Å². The van der Waals surface area contributed by atoms with Crippen LogP contribution in [0.3, 0.4) is 0 Å². The molecule has 0 radical (unpaired) electrons. The SMILES string of the molecule is CC[C@@H](N)C(=O)N1CCCC1C(=O)N(C)C. The van der Waals surface area contributed by atoms with E-state index in [0.29, 0.717) is 13.0 Å². The van der Waals surface area contributed by atoms with Crippen LogP contribution in [0.1, 0.15) is 26.2 Å². The summed E-state index contributed by atoms with van der Waals surface area (Å²) in [5.74, 6) is -0.102. The van der Waals surface area contributed by atoms with Gasteiger partial charge in [0.05, 0.1) is 6.04 Å². The monoisotopic (exact) mass is 227 g/mol. The van der Waals surface area contributed by atoms with E-state index < -0.39 is 6.04 Å². The number of likely N-dealkylation sites (tertiary alicyclic amines) is 1. The second-order valence-electron chi connectivity index (χ2n) is 4.44. The lowest BCUT2D eigenvalue weighted by Gasteiger charge is -2.28. The molecule has 1 aliphatic heterocycles. The number of rotatable bonds is 3. The van der Waals surface area contributed by atoms with Crippen molar-refractivity contribution in [1.82, 2.24) is 9.80 Å². The summed E-state index contributed by atoms with van der Waals surface area (Å²) in [5, 5.41) is 0. The second kappa shape index (κ2) is 5.30. The molecule has 92 valence electrons. The first-order valence-electron chi connectivity index (χ1n) is 5.76. The van der Waals surface area contributed by atoms with Crippen molar-refractivity contribution in [2.75, 3.05) is 20.6 Å². The highest BCUT2D eigenvalue weighted by molar-refractivity contribution is 5.90.